The van der Waals surface area contributed by atoms with E-state index in [2.05, 4.69) is 10.4 Å². The van der Waals surface area contributed by atoms with Gasteiger partial charge in [0.05, 0.1) is 5.69 Å². The standard InChI is InChI=1S/C14H18FN3O2S/c1-3-9(2)18-10(6-12(17-18)14(19)20)7-16-8-11-4-5-13(15)21-11/h4-6,9,16H,3,7-8H2,1-2H3,(H,19,20). The molecule has 0 amide bonds. The van der Waals surface area contributed by atoms with Crippen molar-refractivity contribution in [3.8, 4) is 0 Å². The topological polar surface area (TPSA) is 67.2 Å². The summed E-state index contributed by atoms with van der Waals surface area (Å²) in [7, 11) is 0. The number of carboxylic acid groups (broad SMARTS) is 1. The van der Waals surface area contributed by atoms with Crippen molar-refractivity contribution < 1.29 is 14.3 Å². The maximum atomic E-state index is 12.9. The van der Waals surface area contributed by atoms with Crippen molar-refractivity contribution in [2.75, 3.05) is 0 Å². The van der Waals surface area contributed by atoms with E-state index in [0.717, 1.165) is 28.3 Å². The predicted molar refractivity (Wildman–Crippen MR) is 79.0 cm³/mol. The fourth-order valence-electron chi connectivity index (χ4n) is 1.98. The summed E-state index contributed by atoms with van der Waals surface area (Å²) < 4.78 is 14.6. The number of nitrogens with zero attached hydrogens (tertiary/aromatic N) is 2. The normalized spacial score (nSPS) is 12.5. The second kappa shape index (κ2) is 6.82. The summed E-state index contributed by atoms with van der Waals surface area (Å²) in [5.41, 5.74) is 0.869. The lowest BCUT2D eigenvalue weighted by Gasteiger charge is -2.13. The van der Waals surface area contributed by atoms with Gasteiger partial charge in [0, 0.05) is 24.0 Å². The van der Waals surface area contributed by atoms with Crippen molar-refractivity contribution in [3.63, 3.8) is 0 Å². The fraction of sp³-hybridized carbons (Fsp3) is 0.429. The van der Waals surface area contributed by atoms with E-state index in [1.54, 1.807) is 16.8 Å². The minimum absolute atomic E-state index is 0.0502. The van der Waals surface area contributed by atoms with Crippen LogP contribution in [0.5, 0.6) is 0 Å². The van der Waals surface area contributed by atoms with Gasteiger partial charge >= 0.3 is 5.97 Å². The van der Waals surface area contributed by atoms with Crippen LogP contribution >= 0.6 is 11.3 Å². The molecule has 0 saturated heterocycles. The number of carbonyl (C=O) groups is 1. The second-order valence-corrected chi connectivity index (χ2v) is 5.96. The average molecular weight is 311 g/mol. The first-order chi connectivity index (χ1) is 10.0. The molecular weight excluding hydrogens is 293 g/mol. The Bertz CT molecular complexity index is 624. The van der Waals surface area contributed by atoms with Crippen LogP contribution in [0.1, 0.15) is 47.4 Å². The van der Waals surface area contributed by atoms with Crippen molar-refractivity contribution in [1.29, 1.82) is 0 Å². The van der Waals surface area contributed by atoms with E-state index in [1.807, 2.05) is 13.8 Å². The minimum atomic E-state index is -1.03. The van der Waals surface area contributed by atoms with Crippen LogP contribution in [0.25, 0.3) is 0 Å². The van der Waals surface area contributed by atoms with Crippen molar-refractivity contribution in [2.24, 2.45) is 0 Å². The zero-order chi connectivity index (χ0) is 15.4. The van der Waals surface area contributed by atoms with E-state index >= 15 is 0 Å². The number of carboxylic acids is 1. The zero-order valence-electron chi connectivity index (χ0n) is 12.0. The Morgan fingerprint density at radius 1 is 1.52 bits per heavy atom. The monoisotopic (exact) mass is 311 g/mol. The Morgan fingerprint density at radius 3 is 2.86 bits per heavy atom. The van der Waals surface area contributed by atoms with E-state index in [-0.39, 0.29) is 16.9 Å². The van der Waals surface area contributed by atoms with Gasteiger partial charge in [-0.3, -0.25) is 4.68 Å². The molecule has 2 aromatic rings. The van der Waals surface area contributed by atoms with Crippen LogP contribution < -0.4 is 5.32 Å². The molecule has 0 aliphatic heterocycles. The van der Waals surface area contributed by atoms with Crippen LogP contribution in [-0.2, 0) is 13.1 Å². The van der Waals surface area contributed by atoms with Gasteiger partial charge in [0.2, 0.25) is 0 Å². The van der Waals surface area contributed by atoms with E-state index in [4.69, 9.17) is 5.11 Å². The number of halogens is 1. The third-order valence-corrected chi connectivity index (χ3v) is 4.15. The van der Waals surface area contributed by atoms with E-state index < -0.39 is 5.97 Å². The van der Waals surface area contributed by atoms with Crippen molar-refractivity contribution in [2.45, 2.75) is 39.4 Å². The van der Waals surface area contributed by atoms with Gasteiger partial charge in [0.15, 0.2) is 10.8 Å². The Balaban J connectivity index is 2.05. The highest BCUT2D eigenvalue weighted by Gasteiger charge is 2.16. The largest absolute Gasteiger partial charge is 0.476 e. The maximum absolute atomic E-state index is 12.9. The smallest absolute Gasteiger partial charge is 0.356 e. The van der Waals surface area contributed by atoms with Gasteiger partial charge in [0.1, 0.15) is 0 Å². The molecule has 0 aliphatic carbocycles. The van der Waals surface area contributed by atoms with Gasteiger partial charge in [-0.1, -0.05) is 6.92 Å². The van der Waals surface area contributed by atoms with E-state index in [9.17, 15) is 9.18 Å². The molecule has 0 aromatic carbocycles. The Labute approximate surface area is 126 Å². The quantitative estimate of drug-likeness (QED) is 0.825. The van der Waals surface area contributed by atoms with Crippen LogP contribution in [0.3, 0.4) is 0 Å². The Morgan fingerprint density at radius 2 is 2.29 bits per heavy atom. The summed E-state index contributed by atoms with van der Waals surface area (Å²) in [6, 6.07) is 4.89. The van der Waals surface area contributed by atoms with Crippen molar-refractivity contribution in [3.05, 3.63) is 39.6 Å². The molecule has 2 N–H and O–H groups in total. The molecule has 2 aromatic heterocycles. The predicted octanol–water partition coefficient (Wildman–Crippen LogP) is 3.04. The molecule has 0 radical (unpaired) electrons. The molecule has 0 bridgehead atoms. The van der Waals surface area contributed by atoms with E-state index in [1.165, 1.54) is 6.07 Å². The summed E-state index contributed by atoms with van der Waals surface area (Å²) in [6.45, 7) is 5.06. The van der Waals surface area contributed by atoms with E-state index in [0.29, 0.717) is 13.1 Å². The third-order valence-electron chi connectivity index (χ3n) is 3.27. The number of aromatic carboxylic acids is 1. The second-order valence-electron chi connectivity index (χ2n) is 4.84. The van der Waals surface area contributed by atoms with Crippen molar-refractivity contribution >= 4 is 17.3 Å². The van der Waals surface area contributed by atoms with Crippen LogP contribution in [0.4, 0.5) is 4.39 Å². The minimum Gasteiger partial charge on any atom is -0.476 e. The lowest BCUT2D eigenvalue weighted by molar-refractivity contribution is 0.0689. The first-order valence-electron chi connectivity index (χ1n) is 6.78. The van der Waals surface area contributed by atoms with Gasteiger partial charge in [-0.25, -0.2) is 4.79 Å². The van der Waals surface area contributed by atoms with Crippen LogP contribution in [-0.4, -0.2) is 20.9 Å². The van der Waals surface area contributed by atoms with Crippen LogP contribution in [0.15, 0.2) is 18.2 Å². The summed E-state index contributed by atoms with van der Waals surface area (Å²) >= 11 is 1.10. The molecule has 5 nitrogen and oxygen atoms in total. The molecule has 21 heavy (non-hydrogen) atoms. The molecule has 2 heterocycles. The SMILES string of the molecule is CCC(C)n1nc(C(=O)O)cc1CNCc1ccc(F)s1. The van der Waals surface area contributed by atoms with Gasteiger partial charge in [-0.05, 0) is 31.5 Å². The van der Waals surface area contributed by atoms with Crippen LogP contribution in [0.2, 0.25) is 0 Å². The van der Waals surface area contributed by atoms with Crippen LogP contribution in [0, 0.1) is 5.13 Å². The van der Waals surface area contributed by atoms with Gasteiger partial charge in [0.25, 0.3) is 0 Å². The highest BCUT2D eigenvalue weighted by atomic mass is 32.1. The first-order valence-corrected chi connectivity index (χ1v) is 7.59. The number of hydrogen-bond donors (Lipinski definition) is 2. The number of aromatic nitrogens is 2. The first kappa shape index (κ1) is 15.7. The highest BCUT2D eigenvalue weighted by Crippen LogP contribution is 2.16. The molecule has 7 heteroatoms. The molecule has 0 fully saturated rings. The highest BCUT2D eigenvalue weighted by molar-refractivity contribution is 7.10. The number of hydrogen-bond acceptors (Lipinski definition) is 4. The van der Waals surface area contributed by atoms with Gasteiger partial charge in [-0.15, -0.1) is 11.3 Å². The summed E-state index contributed by atoms with van der Waals surface area (Å²) in [5.74, 6) is -1.03. The van der Waals surface area contributed by atoms with Gasteiger partial charge < -0.3 is 10.4 Å². The number of rotatable bonds is 7. The molecule has 1 atom stereocenters. The lowest BCUT2D eigenvalue weighted by Crippen LogP contribution is -2.17. The number of thiophene rings is 1. The maximum Gasteiger partial charge on any atom is 0.356 e. The number of nitrogens with one attached hydrogen (secondary N) is 1. The molecule has 114 valence electrons. The van der Waals surface area contributed by atoms with Crippen molar-refractivity contribution in [1.82, 2.24) is 15.1 Å². The van der Waals surface area contributed by atoms with Gasteiger partial charge in [-0.2, -0.15) is 9.49 Å². The molecular formula is C14H18FN3O2S. The Kier molecular flexibility index (Phi) is 5.08. The average Bonchev–Trinajstić information content (AvgIpc) is 3.05. The molecule has 1 unspecified atom stereocenters. The molecule has 0 saturated carbocycles. The fourth-order valence-corrected chi connectivity index (χ4v) is 2.68. The Hall–Kier alpha value is -1.73. The third kappa shape index (κ3) is 3.89. The lowest BCUT2D eigenvalue weighted by atomic mass is 10.2. The summed E-state index contributed by atoms with van der Waals surface area (Å²) in [5, 5.41) is 16.2. The zero-order valence-corrected chi connectivity index (χ0v) is 12.8. The summed E-state index contributed by atoms with van der Waals surface area (Å²) in [6.07, 6.45) is 0.865. The summed E-state index contributed by atoms with van der Waals surface area (Å²) in [4.78, 5) is 11.9. The molecule has 0 aliphatic rings. The molecule has 2 rings (SSSR count). The molecule has 0 spiro atoms.